The van der Waals surface area contributed by atoms with Crippen molar-refractivity contribution in [3.05, 3.63) is 46.6 Å². The summed E-state index contributed by atoms with van der Waals surface area (Å²) in [6.07, 6.45) is 7.96. The third kappa shape index (κ3) is 3.32. The minimum atomic E-state index is -0.0332. The van der Waals surface area contributed by atoms with E-state index in [1.54, 1.807) is 0 Å². The zero-order chi connectivity index (χ0) is 17.2. The van der Waals surface area contributed by atoms with Gasteiger partial charge in [-0.1, -0.05) is 30.3 Å². The molecule has 1 atom stereocenters. The maximum atomic E-state index is 12.9. The SMILES string of the molecule is CCc1nc(C2CCCN2C(=O)Cc2ccc3c(c2)CCCC3)no1. The molecule has 0 bridgehead atoms. The molecule has 4 rings (SSSR count). The maximum absolute atomic E-state index is 12.9. The van der Waals surface area contributed by atoms with E-state index in [4.69, 9.17) is 4.52 Å². The molecule has 1 amide bonds. The number of aromatic nitrogens is 2. The number of fused-ring (bicyclic) bond motifs is 1. The highest BCUT2D eigenvalue weighted by atomic mass is 16.5. The van der Waals surface area contributed by atoms with Crippen LogP contribution in [0.3, 0.4) is 0 Å². The molecule has 2 aromatic rings. The van der Waals surface area contributed by atoms with Crippen LogP contribution in [0.4, 0.5) is 0 Å². The molecule has 1 aliphatic heterocycles. The molecule has 0 spiro atoms. The Balaban J connectivity index is 1.48. The Hall–Kier alpha value is -2.17. The minimum absolute atomic E-state index is 0.0332. The number of rotatable bonds is 4. The van der Waals surface area contributed by atoms with Gasteiger partial charge in [0, 0.05) is 13.0 Å². The molecule has 5 nitrogen and oxygen atoms in total. The number of hydrogen-bond acceptors (Lipinski definition) is 4. The van der Waals surface area contributed by atoms with Crippen LogP contribution in [0, 0.1) is 0 Å². The number of likely N-dealkylation sites (tertiary alicyclic amines) is 1. The molecule has 2 aliphatic rings. The van der Waals surface area contributed by atoms with Gasteiger partial charge in [-0.15, -0.1) is 0 Å². The first-order chi connectivity index (χ1) is 12.2. The summed E-state index contributed by atoms with van der Waals surface area (Å²) in [5.41, 5.74) is 4.01. The molecule has 132 valence electrons. The highest BCUT2D eigenvalue weighted by molar-refractivity contribution is 5.79. The number of benzene rings is 1. The molecular weight excluding hydrogens is 314 g/mol. The fourth-order valence-electron chi connectivity index (χ4n) is 4.05. The van der Waals surface area contributed by atoms with Gasteiger partial charge in [-0.25, -0.2) is 0 Å². The summed E-state index contributed by atoms with van der Waals surface area (Å²) in [5.74, 6) is 1.47. The predicted molar refractivity (Wildman–Crippen MR) is 94.2 cm³/mol. The molecule has 0 saturated carbocycles. The van der Waals surface area contributed by atoms with Crippen LogP contribution >= 0.6 is 0 Å². The summed E-state index contributed by atoms with van der Waals surface area (Å²) in [5, 5.41) is 4.09. The number of carbonyl (C=O) groups is 1. The average Bonchev–Trinajstić information content (AvgIpc) is 3.30. The van der Waals surface area contributed by atoms with E-state index in [0.717, 1.165) is 37.8 Å². The molecular formula is C20H25N3O2. The largest absolute Gasteiger partial charge is 0.339 e. The first-order valence-corrected chi connectivity index (χ1v) is 9.47. The van der Waals surface area contributed by atoms with Crippen LogP contribution in [0.5, 0.6) is 0 Å². The van der Waals surface area contributed by atoms with Crippen molar-refractivity contribution in [3.8, 4) is 0 Å². The average molecular weight is 339 g/mol. The highest BCUT2D eigenvalue weighted by Crippen LogP contribution is 2.31. The number of carbonyl (C=O) groups excluding carboxylic acids is 1. The van der Waals surface area contributed by atoms with E-state index < -0.39 is 0 Å². The molecule has 5 heteroatoms. The number of aryl methyl sites for hydroxylation is 3. The van der Waals surface area contributed by atoms with Crippen molar-refractivity contribution in [1.29, 1.82) is 0 Å². The fourth-order valence-corrected chi connectivity index (χ4v) is 4.05. The Kier molecular flexibility index (Phi) is 4.55. The lowest BCUT2D eigenvalue weighted by Gasteiger charge is -2.23. The van der Waals surface area contributed by atoms with E-state index >= 15 is 0 Å². The first-order valence-electron chi connectivity index (χ1n) is 9.47. The van der Waals surface area contributed by atoms with Crippen molar-refractivity contribution in [2.24, 2.45) is 0 Å². The molecule has 1 unspecified atom stereocenters. The molecule has 1 aromatic heterocycles. The van der Waals surface area contributed by atoms with Gasteiger partial charge in [-0.05, 0) is 55.2 Å². The van der Waals surface area contributed by atoms with E-state index in [9.17, 15) is 4.79 Å². The second-order valence-corrected chi connectivity index (χ2v) is 7.13. The summed E-state index contributed by atoms with van der Waals surface area (Å²) in [6.45, 7) is 2.77. The molecule has 1 fully saturated rings. The fraction of sp³-hybridized carbons (Fsp3) is 0.550. The van der Waals surface area contributed by atoms with Crippen LogP contribution in [0.25, 0.3) is 0 Å². The highest BCUT2D eigenvalue weighted by Gasteiger charge is 2.33. The lowest BCUT2D eigenvalue weighted by Crippen LogP contribution is -2.32. The third-order valence-corrected chi connectivity index (χ3v) is 5.43. The Morgan fingerprint density at radius 3 is 2.88 bits per heavy atom. The molecule has 1 saturated heterocycles. The van der Waals surface area contributed by atoms with E-state index in [1.165, 1.54) is 30.4 Å². The molecule has 0 radical (unpaired) electrons. The van der Waals surface area contributed by atoms with Gasteiger partial charge in [0.1, 0.15) is 0 Å². The van der Waals surface area contributed by atoms with Crippen LogP contribution in [-0.2, 0) is 30.5 Å². The summed E-state index contributed by atoms with van der Waals surface area (Å²) in [7, 11) is 0. The van der Waals surface area contributed by atoms with Gasteiger partial charge in [0.15, 0.2) is 5.82 Å². The zero-order valence-electron chi connectivity index (χ0n) is 14.8. The first kappa shape index (κ1) is 16.3. The van der Waals surface area contributed by atoms with E-state index in [0.29, 0.717) is 18.1 Å². The van der Waals surface area contributed by atoms with Crippen LogP contribution in [0.2, 0.25) is 0 Å². The van der Waals surface area contributed by atoms with E-state index in [1.807, 2.05) is 11.8 Å². The lowest BCUT2D eigenvalue weighted by molar-refractivity contribution is -0.131. The van der Waals surface area contributed by atoms with Crippen molar-refractivity contribution >= 4 is 5.91 Å². The Morgan fingerprint density at radius 2 is 2.08 bits per heavy atom. The second-order valence-electron chi connectivity index (χ2n) is 7.13. The number of nitrogens with zero attached hydrogens (tertiary/aromatic N) is 3. The standard InChI is InChI=1S/C20H25N3O2/c1-2-18-21-20(22-25-18)17-8-5-11-23(17)19(24)13-14-9-10-15-6-3-4-7-16(15)12-14/h9-10,12,17H,2-8,11,13H2,1H3. The van der Waals surface area contributed by atoms with Crippen molar-refractivity contribution in [1.82, 2.24) is 15.0 Å². The topological polar surface area (TPSA) is 59.2 Å². The molecule has 1 aromatic carbocycles. The van der Waals surface area contributed by atoms with Gasteiger partial charge in [0.2, 0.25) is 11.8 Å². The molecule has 0 N–H and O–H groups in total. The molecule has 1 aliphatic carbocycles. The van der Waals surface area contributed by atoms with Crippen molar-refractivity contribution in [2.75, 3.05) is 6.54 Å². The Labute approximate surface area is 148 Å². The van der Waals surface area contributed by atoms with Gasteiger partial charge in [0.05, 0.1) is 12.5 Å². The van der Waals surface area contributed by atoms with Crippen molar-refractivity contribution in [2.45, 2.75) is 64.3 Å². The minimum Gasteiger partial charge on any atom is -0.339 e. The van der Waals surface area contributed by atoms with Gasteiger partial charge >= 0.3 is 0 Å². The van der Waals surface area contributed by atoms with Crippen LogP contribution < -0.4 is 0 Å². The number of amides is 1. The number of hydrogen-bond donors (Lipinski definition) is 0. The van der Waals surface area contributed by atoms with Crippen LogP contribution in [0.15, 0.2) is 22.7 Å². The summed E-state index contributed by atoms with van der Waals surface area (Å²) >= 11 is 0. The predicted octanol–water partition coefficient (Wildman–Crippen LogP) is 3.42. The molecule has 25 heavy (non-hydrogen) atoms. The second kappa shape index (κ2) is 6.98. The van der Waals surface area contributed by atoms with Crippen molar-refractivity contribution in [3.63, 3.8) is 0 Å². The van der Waals surface area contributed by atoms with Crippen LogP contribution in [0.1, 0.15) is 67.1 Å². The normalized spacial score (nSPS) is 19.9. The maximum Gasteiger partial charge on any atom is 0.227 e. The van der Waals surface area contributed by atoms with Gasteiger partial charge in [0.25, 0.3) is 0 Å². The third-order valence-electron chi connectivity index (χ3n) is 5.43. The summed E-state index contributed by atoms with van der Waals surface area (Å²) in [4.78, 5) is 19.3. The van der Waals surface area contributed by atoms with E-state index in [2.05, 4.69) is 28.3 Å². The summed E-state index contributed by atoms with van der Waals surface area (Å²) in [6, 6.07) is 6.54. The quantitative estimate of drug-likeness (QED) is 0.856. The Morgan fingerprint density at radius 1 is 1.24 bits per heavy atom. The molecule has 2 heterocycles. The van der Waals surface area contributed by atoms with Crippen molar-refractivity contribution < 1.29 is 9.32 Å². The van der Waals surface area contributed by atoms with Gasteiger partial charge in [-0.3, -0.25) is 4.79 Å². The van der Waals surface area contributed by atoms with Gasteiger partial charge < -0.3 is 9.42 Å². The van der Waals surface area contributed by atoms with Gasteiger partial charge in [-0.2, -0.15) is 4.98 Å². The Bertz CT molecular complexity index is 768. The zero-order valence-corrected chi connectivity index (χ0v) is 14.8. The smallest absolute Gasteiger partial charge is 0.227 e. The van der Waals surface area contributed by atoms with Crippen LogP contribution in [-0.4, -0.2) is 27.5 Å². The lowest BCUT2D eigenvalue weighted by atomic mass is 9.90. The summed E-state index contributed by atoms with van der Waals surface area (Å²) < 4.78 is 5.24. The van der Waals surface area contributed by atoms with E-state index in [-0.39, 0.29) is 11.9 Å². The monoisotopic (exact) mass is 339 g/mol.